The van der Waals surface area contributed by atoms with E-state index in [9.17, 15) is 9.90 Å². The van der Waals surface area contributed by atoms with E-state index in [0.29, 0.717) is 5.56 Å². The molecule has 13 heavy (non-hydrogen) atoms. The van der Waals surface area contributed by atoms with E-state index in [1.54, 1.807) is 0 Å². The molecule has 4 heteroatoms. The molecule has 1 aromatic carbocycles. The zero-order valence-electron chi connectivity index (χ0n) is 6.69. The van der Waals surface area contributed by atoms with Crippen molar-refractivity contribution in [3.05, 3.63) is 29.3 Å². The smallest absolute Gasteiger partial charge is 0.307 e. The standard InChI is InChI=1S/C9H7NO3/c10-5-6-1-2-8(11)7(3-6)4-9(12)13/h1-3,11H,4H2,(H,12,13). The number of aliphatic carboxylic acids is 1. The minimum absolute atomic E-state index is 0.0959. The summed E-state index contributed by atoms with van der Waals surface area (Å²) >= 11 is 0. The lowest BCUT2D eigenvalue weighted by Gasteiger charge is -2.00. The largest absolute Gasteiger partial charge is 0.508 e. The molecule has 0 aliphatic rings. The van der Waals surface area contributed by atoms with E-state index < -0.39 is 5.97 Å². The fraction of sp³-hybridized carbons (Fsp3) is 0.111. The van der Waals surface area contributed by atoms with Crippen LogP contribution in [0, 0.1) is 11.3 Å². The summed E-state index contributed by atoms with van der Waals surface area (Å²) in [6, 6.07) is 5.98. The number of hydrogen-bond acceptors (Lipinski definition) is 3. The quantitative estimate of drug-likeness (QED) is 0.702. The summed E-state index contributed by atoms with van der Waals surface area (Å²) < 4.78 is 0. The van der Waals surface area contributed by atoms with E-state index in [-0.39, 0.29) is 17.7 Å². The van der Waals surface area contributed by atoms with Gasteiger partial charge in [0.05, 0.1) is 18.1 Å². The maximum atomic E-state index is 10.3. The Morgan fingerprint density at radius 1 is 1.54 bits per heavy atom. The molecule has 0 heterocycles. The van der Waals surface area contributed by atoms with Crippen LogP contribution in [0.4, 0.5) is 0 Å². The van der Waals surface area contributed by atoms with Crippen molar-refractivity contribution in [1.29, 1.82) is 5.26 Å². The minimum Gasteiger partial charge on any atom is -0.508 e. The number of benzene rings is 1. The highest BCUT2D eigenvalue weighted by Gasteiger charge is 2.06. The molecule has 1 rings (SSSR count). The second-order valence-corrected chi connectivity index (χ2v) is 2.53. The summed E-state index contributed by atoms with van der Waals surface area (Å²) in [6.07, 6.45) is -0.276. The van der Waals surface area contributed by atoms with Crippen molar-refractivity contribution in [2.75, 3.05) is 0 Å². The number of phenols is 1. The Kier molecular flexibility index (Phi) is 2.50. The maximum absolute atomic E-state index is 10.3. The van der Waals surface area contributed by atoms with Crippen LogP contribution in [0.2, 0.25) is 0 Å². The summed E-state index contributed by atoms with van der Waals surface area (Å²) in [5.41, 5.74) is 0.598. The van der Waals surface area contributed by atoms with Crippen molar-refractivity contribution in [1.82, 2.24) is 0 Å². The van der Waals surface area contributed by atoms with Crippen molar-refractivity contribution in [2.45, 2.75) is 6.42 Å². The Bertz CT molecular complexity index is 379. The molecule has 0 radical (unpaired) electrons. The molecule has 4 nitrogen and oxygen atoms in total. The second kappa shape index (κ2) is 3.59. The van der Waals surface area contributed by atoms with Crippen LogP contribution in [0.3, 0.4) is 0 Å². The van der Waals surface area contributed by atoms with Crippen LogP contribution >= 0.6 is 0 Å². The molecular weight excluding hydrogens is 170 g/mol. The Hall–Kier alpha value is -2.02. The number of carboxylic acid groups (broad SMARTS) is 1. The van der Waals surface area contributed by atoms with Gasteiger partial charge in [0.15, 0.2) is 0 Å². The van der Waals surface area contributed by atoms with Crippen LogP contribution in [0.5, 0.6) is 5.75 Å². The van der Waals surface area contributed by atoms with Gasteiger partial charge in [0.25, 0.3) is 0 Å². The van der Waals surface area contributed by atoms with Gasteiger partial charge in [0.1, 0.15) is 5.75 Å². The normalized spacial score (nSPS) is 9.15. The third-order valence-electron chi connectivity index (χ3n) is 1.55. The highest BCUT2D eigenvalue weighted by atomic mass is 16.4. The molecule has 0 amide bonds. The Morgan fingerprint density at radius 3 is 2.77 bits per heavy atom. The van der Waals surface area contributed by atoms with Gasteiger partial charge in [-0.1, -0.05) is 0 Å². The van der Waals surface area contributed by atoms with Crippen molar-refractivity contribution < 1.29 is 15.0 Å². The van der Waals surface area contributed by atoms with Crippen molar-refractivity contribution >= 4 is 5.97 Å². The van der Waals surface area contributed by atoms with E-state index >= 15 is 0 Å². The van der Waals surface area contributed by atoms with Crippen LogP contribution in [0.15, 0.2) is 18.2 Å². The number of aromatic hydroxyl groups is 1. The summed E-state index contributed by atoms with van der Waals surface area (Å²) in [6.45, 7) is 0. The number of carboxylic acids is 1. The minimum atomic E-state index is -1.04. The summed E-state index contributed by atoms with van der Waals surface area (Å²) in [5, 5.41) is 26.2. The number of nitriles is 1. The van der Waals surface area contributed by atoms with Gasteiger partial charge < -0.3 is 10.2 Å². The average Bonchev–Trinajstić information content (AvgIpc) is 2.08. The summed E-state index contributed by atoms with van der Waals surface area (Å²) in [7, 11) is 0. The van der Waals surface area contributed by atoms with E-state index in [2.05, 4.69) is 0 Å². The van der Waals surface area contributed by atoms with E-state index in [1.807, 2.05) is 6.07 Å². The van der Waals surface area contributed by atoms with E-state index in [0.717, 1.165) is 0 Å². The molecule has 0 saturated carbocycles. The van der Waals surface area contributed by atoms with Gasteiger partial charge in [-0.2, -0.15) is 5.26 Å². The molecular formula is C9H7NO3. The molecule has 0 aliphatic heterocycles. The Morgan fingerprint density at radius 2 is 2.23 bits per heavy atom. The fourth-order valence-electron chi connectivity index (χ4n) is 0.960. The van der Waals surface area contributed by atoms with Crippen LogP contribution in [0.25, 0.3) is 0 Å². The molecule has 0 fully saturated rings. The number of phenolic OH excluding ortho intramolecular Hbond substituents is 1. The SMILES string of the molecule is N#Cc1ccc(O)c(CC(=O)O)c1. The van der Waals surface area contributed by atoms with Gasteiger partial charge in [0, 0.05) is 5.56 Å². The first kappa shape index (κ1) is 9.07. The first-order valence-corrected chi connectivity index (χ1v) is 3.57. The second-order valence-electron chi connectivity index (χ2n) is 2.53. The van der Waals surface area contributed by atoms with Gasteiger partial charge in [0.2, 0.25) is 0 Å². The fourth-order valence-corrected chi connectivity index (χ4v) is 0.960. The number of nitrogens with zero attached hydrogens (tertiary/aromatic N) is 1. The van der Waals surface area contributed by atoms with E-state index in [1.165, 1.54) is 18.2 Å². The monoisotopic (exact) mass is 177 g/mol. The average molecular weight is 177 g/mol. The van der Waals surface area contributed by atoms with Gasteiger partial charge >= 0.3 is 5.97 Å². The van der Waals surface area contributed by atoms with Crippen molar-refractivity contribution in [3.8, 4) is 11.8 Å². The lowest BCUT2D eigenvalue weighted by Crippen LogP contribution is -2.00. The van der Waals surface area contributed by atoms with Crippen LogP contribution in [-0.2, 0) is 11.2 Å². The maximum Gasteiger partial charge on any atom is 0.307 e. The third-order valence-corrected chi connectivity index (χ3v) is 1.55. The highest BCUT2D eigenvalue weighted by molar-refractivity contribution is 5.71. The molecule has 0 spiro atoms. The number of carbonyl (C=O) groups is 1. The zero-order valence-corrected chi connectivity index (χ0v) is 6.69. The summed E-state index contributed by atoms with van der Waals surface area (Å²) in [4.78, 5) is 10.3. The lowest BCUT2D eigenvalue weighted by molar-refractivity contribution is -0.136. The van der Waals surface area contributed by atoms with Gasteiger partial charge in [-0.3, -0.25) is 4.79 Å². The van der Waals surface area contributed by atoms with Crippen LogP contribution in [0.1, 0.15) is 11.1 Å². The molecule has 0 unspecified atom stereocenters. The topological polar surface area (TPSA) is 81.3 Å². The Labute approximate surface area is 74.7 Å². The van der Waals surface area contributed by atoms with Gasteiger partial charge in [-0.05, 0) is 18.2 Å². The van der Waals surface area contributed by atoms with Crippen LogP contribution in [-0.4, -0.2) is 16.2 Å². The molecule has 0 aliphatic carbocycles. The molecule has 66 valence electrons. The third kappa shape index (κ3) is 2.20. The highest BCUT2D eigenvalue weighted by Crippen LogP contribution is 2.18. The molecule has 1 aromatic rings. The van der Waals surface area contributed by atoms with Gasteiger partial charge in [-0.15, -0.1) is 0 Å². The summed E-state index contributed by atoms with van der Waals surface area (Å²) in [5.74, 6) is -1.13. The first-order valence-electron chi connectivity index (χ1n) is 3.57. The van der Waals surface area contributed by atoms with Crippen LogP contribution < -0.4 is 0 Å². The first-order chi connectivity index (χ1) is 6.13. The van der Waals surface area contributed by atoms with Gasteiger partial charge in [-0.25, -0.2) is 0 Å². The lowest BCUT2D eigenvalue weighted by atomic mass is 10.1. The predicted molar refractivity (Wildman–Crippen MR) is 44.2 cm³/mol. The van der Waals surface area contributed by atoms with E-state index in [4.69, 9.17) is 10.4 Å². The molecule has 0 atom stereocenters. The predicted octanol–water partition coefficient (Wildman–Crippen LogP) is 0.891. The molecule has 0 aromatic heterocycles. The zero-order chi connectivity index (χ0) is 9.84. The molecule has 0 saturated heterocycles. The molecule has 0 bridgehead atoms. The number of hydrogen-bond donors (Lipinski definition) is 2. The Balaban J connectivity index is 3.05. The number of rotatable bonds is 2. The molecule has 2 N–H and O–H groups in total. The van der Waals surface area contributed by atoms with Crippen molar-refractivity contribution in [3.63, 3.8) is 0 Å². The van der Waals surface area contributed by atoms with Crippen molar-refractivity contribution in [2.24, 2.45) is 0 Å².